The van der Waals surface area contributed by atoms with Crippen LogP contribution in [0, 0.1) is 5.92 Å². The van der Waals surface area contributed by atoms with Crippen molar-refractivity contribution in [1.82, 2.24) is 0 Å². The number of carbonyl (C=O) groups is 1. The molecule has 3 saturated heterocycles. The van der Waals surface area contributed by atoms with Gasteiger partial charge in [-0.2, -0.15) is 0 Å². The van der Waals surface area contributed by atoms with Gasteiger partial charge in [-0.15, -0.1) is 0 Å². The predicted molar refractivity (Wildman–Crippen MR) is 190 cm³/mol. The summed E-state index contributed by atoms with van der Waals surface area (Å²) in [6.45, 7) is 3.28. The first kappa shape index (κ1) is 43.4. The molecule has 6 rings (SSSR count). The van der Waals surface area contributed by atoms with Crippen LogP contribution < -0.4 is 14.9 Å². The number of aliphatic hydroxyl groups excluding tert-OH is 9. The van der Waals surface area contributed by atoms with Gasteiger partial charge >= 0.3 is 5.97 Å². The average Bonchev–Trinajstić information content (AvgIpc) is 3.18. The molecule has 3 aliphatic rings. The highest BCUT2D eigenvalue weighted by Gasteiger charge is 2.51. The second-order valence-electron chi connectivity index (χ2n) is 14.5. The number of aromatic hydroxyl groups is 2. The Morgan fingerprint density at radius 2 is 1.33 bits per heavy atom. The van der Waals surface area contributed by atoms with Crippen LogP contribution in [0.1, 0.15) is 20.8 Å². The van der Waals surface area contributed by atoms with Crippen LogP contribution in [0.4, 0.5) is 0 Å². The minimum Gasteiger partial charge on any atom is -0.508 e. The molecule has 0 radical (unpaired) electrons. The summed E-state index contributed by atoms with van der Waals surface area (Å²) in [6, 6.07) is 7.28. The number of benzene rings is 2. The third kappa shape index (κ3) is 8.58. The minimum absolute atomic E-state index is 0.129. The van der Waals surface area contributed by atoms with Crippen LogP contribution in [0.3, 0.4) is 0 Å². The van der Waals surface area contributed by atoms with Crippen LogP contribution in [-0.2, 0) is 28.5 Å². The summed E-state index contributed by atoms with van der Waals surface area (Å²) in [5.74, 6) is -3.26. The standard InChI is InChI=1S/C37H46O21/c1-12(2)34(50)51-11-20-23(42)26(45)29(48)37(56-20)57-31-13(3)52-35(30(49)27(31)46)58-33-24(43)21-17(40)8-16(53-36-28(47)25(44)22(41)19(10-38)55-36)9-18(21)54-32(33)14-4-6-15(39)7-5-14/h4-9,12-13,19-20,22-23,25-31,35-42,44-49H,10-11H2,1-3H3. The highest BCUT2D eigenvalue weighted by Crippen LogP contribution is 2.39. The summed E-state index contributed by atoms with van der Waals surface area (Å²) < 4.78 is 45.2. The number of phenolic OH excluding ortho intramolecular Hbond substituents is 2. The fourth-order valence-corrected chi connectivity index (χ4v) is 6.59. The first-order valence-corrected chi connectivity index (χ1v) is 18.2. The summed E-state index contributed by atoms with van der Waals surface area (Å²) in [4.78, 5) is 26.1. The largest absolute Gasteiger partial charge is 0.508 e. The summed E-state index contributed by atoms with van der Waals surface area (Å²) >= 11 is 0. The Morgan fingerprint density at radius 1 is 0.741 bits per heavy atom. The Hall–Kier alpha value is -4.20. The van der Waals surface area contributed by atoms with Crippen molar-refractivity contribution < 1.29 is 98.5 Å². The molecule has 1 aromatic heterocycles. The van der Waals surface area contributed by atoms with Crippen LogP contribution in [-0.4, -0.2) is 167 Å². The average molecular weight is 827 g/mol. The van der Waals surface area contributed by atoms with E-state index in [2.05, 4.69) is 0 Å². The van der Waals surface area contributed by atoms with Gasteiger partial charge in [0.05, 0.1) is 18.6 Å². The zero-order valence-electron chi connectivity index (χ0n) is 31.1. The van der Waals surface area contributed by atoms with Gasteiger partial charge in [-0.05, 0) is 31.2 Å². The molecule has 15 atom stereocenters. The first-order valence-electron chi connectivity index (χ1n) is 18.2. The number of carbonyl (C=O) groups excluding carboxylic acids is 1. The minimum atomic E-state index is -1.99. The van der Waals surface area contributed by atoms with Gasteiger partial charge in [-0.25, -0.2) is 0 Å². The Bertz CT molecular complexity index is 1950. The van der Waals surface area contributed by atoms with E-state index in [9.17, 15) is 65.8 Å². The fourth-order valence-electron chi connectivity index (χ4n) is 6.59. The maximum absolute atomic E-state index is 14.1. The van der Waals surface area contributed by atoms with Gasteiger partial charge in [-0.1, -0.05) is 13.8 Å². The molecule has 0 bridgehead atoms. The quantitative estimate of drug-likeness (QED) is 0.0875. The van der Waals surface area contributed by atoms with Gasteiger partial charge in [0.1, 0.15) is 102 Å². The smallest absolute Gasteiger partial charge is 0.308 e. The second kappa shape index (κ2) is 17.6. The lowest BCUT2D eigenvalue weighted by Gasteiger charge is -2.45. The number of hydrogen-bond donors (Lipinski definition) is 11. The Labute approximate surface area is 328 Å². The fraction of sp³-hybridized carbons (Fsp3) is 0.568. The Morgan fingerprint density at radius 3 is 1.97 bits per heavy atom. The van der Waals surface area contributed by atoms with E-state index < -0.39 is 140 Å². The summed E-state index contributed by atoms with van der Waals surface area (Å²) in [5, 5.41) is 115. The van der Waals surface area contributed by atoms with Crippen LogP contribution in [0.25, 0.3) is 22.3 Å². The number of esters is 1. The van der Waals surface area contributed by atoms with Crippen LogP contribution >= 0.6 is 0 Å². The lowest BCUT2D eigenvalue weighted by atomic mass is 9.97. The SMILES string of the molecule is CC(C)C(=O)OCC1OC(OC2C(C)OC(Oc3c(-c4ccc(O)cc4)oc4cc(OC5OC(CO)C(O)C(O)C5O)cc(O)c4c3=O)C(O)C2O)C(O)C(O)C1O. The molecule has 4 heterocycles. The predicted octanol–water partition coefficient (Wildman–Crippen LogP) is -2.71. The summed E-state index contributed by atoms with van der Waals surface area (Å²) in [5.41, 5.74) is -1.21. The molecule has 21 heteroatoms. The van der Waals surface area contributed by atoms with Crippen molar-refractivity contribution in [3.63, 3.8) is 0 Å². The topological polar surface area (TPSA) is 334 Å². The lowest BCUT2D eigenvalue weighted by molar-refractivity contribution is -0.349. The maximum Gasteiger partial charge on any atom is 0.308 e. The van der Waals surface area contributed by atoms with Crippen molar-refractivity contribution >= 4 is 16.9 Å². The van der Waals surface area contributed by atoms with Crippen LogP contribution in [0.2, 0.25) is 0 Å². The number of fused-ring (bicyclic) bond motifs is 1. The normalized spacial score (nSPS) is 35.5. The van der Waals surface area contributed by atoms with Crippen molar-refractivity contribution in [2.45, 2.75) is 113 Å². The van der Waals surface area contributed by atoms with E-state index in [1.807, 2.05) is 0 Å². The van der Waals surface area contributed by atoms with E-state index >= 15 is 0 Å². The first-order chi connectivity index (χ1) is 27.4. The third-order valence-electron chi connectivity index (χ3n) is 9.97. The van der Waals surface area contributed by atoms with Gasteiger partial charge in [-0.3, -0.25) is 9.59 Å². The summed E-state index contributed by atoms with van der Waals surface area (Å²) in [6.07, 6.45) is -25.1. The molecule has 15 unspecified atom stereocenters. The molecule has 58 heavy (non-hydrogen) atoms. The maximum atomic E-state index is 14.1. The molecular weight excluding hydrogens is 780 g/mol. The number of aliphatic hydroxyl groups is 9. The van der Waals surface area contributed by atoms with Crippen LogP contribution in [0.15, 0.2) is 45.6 Å². The Balaban J connectivity index is 1.26. The highest BCUT2D eigenvalue weighted by atomic mass is 16.7. The van der Waals surface area contributed by atoms with Crippen molar-refractivity contribution in [3.8, 4) is 34.3 Å². The zero-order chi connectivity index (χ0) is 42.3. The van der Waals surface area contributed by atoms with Crippen LogP contribution in [0.5, 0.6) is 23.0 Å². The van der Waals surface area contributed by atoms with Gasteiger partial charge in [0.2, 0.25) is 23.8 Å². The van der Waals surface area contributed by atoms with Gasteiger partial charge in [0.25, 0.3) is 0 Å². The van der Waals surface area contributed by atoms with Gasteiger partial charge in [0, 0.05) is 17.7 Å². The molecule has 3 aliphatic heterocycles. The molecule has 320 valence electrons. The molecule has 11 N–H and O–H groups in total. The van der Waals surface area contributed by atoms with Crippen molar-refractivity contribution in [2.24, 2.45) is 5.92 Å². The number of ether oxygens (including phenoxy) is 7. The summed E-state index contributed by atoms with van der Waals surface area (Å²) in [7, 11) is 0. The highest BCUT2D eigenvalue weighted by molar-refractivity contribution is 5.88. The molecule has 0 amide bonds. The lowest BCUT2D eigenvalue weighted by Crippen LogP contribution is -2.64. The molecule has 2 aromatic carbocycles. The monoisotopic (exact) mass is 826 g/mol. The van der Waals surface area contributed by atoms with Gasteiger partial charge < -0.3 is 93.7 Å². The van der Waals surface area contributed by atoms with E-state index in [4.69, 9.17) is 37.6 Å². The van der Waals surface area contributed by atoms with E-state index in [0.717, 1.165) is 12.1 Å². The van der Waals surface area contributed by atoms with E-state index in [1.165, 1.54) is 31.2 Å². The molecule has 3 aromatic rings. The number of rotatable bonds is 11. The number of hydrogen-bond acceptors (Lipinski definition) is 21. The van der Waals surface area contributed by atoms with Crippen molar-refractivity contribution in [1.29, 1.82) is 0 Å². The van der Waals surface area contributed by atoms with Crippen molar-refractivity contribution in [2.75, 3.05) is 13.2 Å². The second-order valence-corrected chi connectivity index (χ2v) is 14.5. The molecule has 0 aliphatic carbocycles. The molecule has 0 spiro atoms. The zero-order valence-corrected chi connectivity index (χ0v) is 31.1. The van der Waals surface area contributed by atoms with Gasteiger partial charge in [0.15, 0.2) is 12.1 Å². The molecule has 0 saturated carbocycles. The van der Waals surface area contributed by atoms with Crippen molar-refractivity contribution in [3.05, 3.63) is 46.6 Å². The molecular formula is C37H46O21. The van der Waals surface area contributed by atoms with E-state index in [0.29, 0.717) is 0 Å². The van der Waals surface area contributed by atoms with E-state index in [-0.39, 0.29) is 28.4 Å². The third-order valence-corrected chi connectivity index (χ3v) is 9.97. The molecule has 21 nitrogen and oxygen atoms in total. The van der Waals surface area contributed by atoms with E-state index in [1.54, 1.807) is 13.8 Å². The molecule has 3 fully saturated rings. The Kier molecular flexibility index (Phi) is 13.1. The number of phenols is 2.